The Morgan fingerprint density at radius 1 is 0.947 bits per heavy atom. The van der Waals surface area contributed by atoms with Crippen LogP contribution in [0.25, 0.3) is 0 Å². The fourth-order valence-electron chi connectivity index (χ4n) is 3.60. The molecule has 0 saturated heterocycles. The summed E-state index contributed by atoms with van der Waals surface area (Å²) in [5.74, 6) is -1.02. The van der Waals surface area contributed by atoms with Crippen molar-refractivity contribution in [2.24, 2.45) is 17.6 Å². The minimum absolute atomic E-state index is 0.104. The second-order valence-corrected chi connectivity index (χ2v) is 6.62. The second kappa shape index (κ2) is 7.88. The van der Waals surface area contributed by atoms with E-state index in [1.807, 2.05) is 13.8 Å². The third-order valence-corrected chi connectivity index (χ3v) is 4.59. The zero-order valence-corrected chi connectivity index (χ0v) is 12.7. The molecule has 1 saturated carbocycles. The predicted octanol–water partition coefficient (Wildman–Crippen LogP) is 3.96. The summed E-state index contributed by atoms with van der Waals surface area (Å²) in [4.78, 5) is 11.6. The van der Waals surface area contributed by atoms with E-state index in [1.54, 1.807) is 0 Å². The van der Waals surface area contributed by atoms with Crippen LogP contribution in [0.15, 0.2) is 0 Å². The van der Waals surface area contributed by atoms with E-state index in [2.05, 4.69) is 0 Å². The van der Waals surface area contributed by atoms with Gasteiger partial charge >= 0.3 is 5.97 Å². The molecule has 0 aromatic carbocycles. The Labute approximate surface area is 118 Å². The topological polar surface area (TPSA) is 63.3 Å². The van der Waals surface area contributed by atoms with Crippen molar-refractivity contribution in [1.29, 1.82) is 0 Å². The highest BCUT2D eigenvalue weighted by Gasteiger charge is 2.40. The van der Waals surface area contributed by atoms with E-state index in [-0.39, 0.29) is 5.92 Å². The zero-order chi connectivity index (χ0) is 14.3. The first-order chi connectivity index (χ1) is 8.97. The maximum absolute atomic E-state index is 11.6. The lowest BCUT2D eigenvalue weighted by molar-refractivity contribution is -0.146. The Balaban J connectivity index is 2.77. The molecule has 3 heteroatoms. The van der Waals surface area contributed by atoms with Crippen LogP contribution in [-0.2, 0) is 4.79 Å². The molecule has 0 radical (unpaired) electrons. The number of rotatable bonds is 3. The minimum Gasteiger partial charge on any atom is -0.481 e. The number of hydrogen-bond acceptors (Lipinski definition) is 2. The summed E-state index contributed by atoms with van der Waals surface area (Å²) in [6, 6.07) is 0. The van der Waals surface area contributed by atoms with Gasteiger partial charge in [-0.3, -0.25) is 4.79 Å². The van der Waals surface area contributed by atoms with Gasteiger partial charge in [-0.05, 0) is 18.8 Å². The number of hydrogen-bond donors (Lipinski definition) is 2. The first-order valence-electron chi connectivity index (χ1n) is 7.99. The molecule has 1 aliphatic carbocycles. The molecule has 0 aromatic heterocycles. The van der Waals surface area contributed by atoms with Crippen molar-refractivity contribution in [2.45, 2.75) is 83.6 Å². The highest BCUT2D eigenvalue weighted by Crippen LogP contribution is 2.33. The number of nitrogens with two attached hydrogens (primary N) is 1. The van der Waals surface area contributed by atoms with E-state index in [0.717, 1.165) is 25.7 Å². The highest BCUT2D eigenvalue weighted by molar-refractivity contribution is 5.72. The van der Waals surface area contributed by atoms with E-state index in [1.165, 1.54) is 38.5 Å². The van der Waals surface area contributed by atoms with E-state index in [4.69, 9.17) is 5.73 Å². The summed E-state index contributed by atoms with van der Waals surface area (Å²) in [5.41, 5.74) is 6.06. The van der Waals surface area contributed by atoms with Crippen molar-refractivity contribution in [3.05, 3.63) is 0 Å². The maximum Gasteiger partial charge on any atom is 0.308 e. The summed E-state index contributed by atoms with van der Waals surface area (Å²) in [5, 5.41) is 9.52. The Bertz CT molecular complexity index is 264. The van der Waals surface area contributed by atoms with Gasteiger partial charge in [-0.1, -0.05) is 65.2 Å². The first kappa shape index (κ1) is 16.5. The molecule has 1 unspecified atom stereocenters. The predicted molar refractivity (Wildman–Crippen MR) is 79.1 cm³/mol. The summed E-state index contributed by atoms with van der Waals surface area (Å²) in [7, 11) is 0. The molecule has 112 valence electrons. The van der Waals surface area contributed by atoms with E-state index >= 15 is 0 Å². The van der Waals surface area contributed by atoms with Gasteiger partial charge in [0.15, 0.2) is 0 Å². The minimum atomic E-state index is -0.715. The summed E-state index contributed by atoms with van der Waals surface area (Å²) in [6.07, 6.45) is 11.5. The van der Waals surface area contributed by atoms with Crippen molar-refractivity contribution in [3.63, 3.8) is 0 Å². The van der Waals surface area contributed by atoms with Gasteiger partial charge in [-0.2, -0.15) is 0 Å². The Morgan fingerprint density at radius 3 is 1.63 bits per heavy atom. The number of aliphatic carboxylic acids is 1. The van der Waals surface area contributed by atoms with Crippen molar-refractivity contribution >= 4 is 5.97 Å². The summed E-state index contributed by atoms with van der Waals surface area (Å²) in [6.45, 7) is 3.97. The molecule has 1 atom stereocenters. The van der Waals surface area contributed by atoms with Gasteiger partial charge in [0.1, 0.15) is 0 Å². The lowest BCUT2D eigenvalue weighted by atomic mass is 9.72. The van der Waals surface area contributed by atoms with Crippen LogP contribution >= 0.6 is 0 Å². The summed E-state index contributed by atoms with van der Waals surface area (Å²) < 4.78 is 0. The number of carboxylic acids is 1. The van der Waals surface area contributed by atoms with Crippen LogP contribution in [0.1, 0.15) is 78.1 Å². The molecule has 0 spiro atoms. The van der Waals surface area contributed by atoms with Crippen LogP contribution in [0.3, 0.4) is 0 Å². The van der Waals surface area contributed by atoms with Crippen molar-refractivity contribution < 1.29 is 9.90 Å². The third-order valence-electron chi connectivity index (χ3n) is 4.59. The van der Waals surface area contributed by atoms with Crippen LogP contribution in [0, 0.1) is 11.8 Å². The SMILES string of the molecule is CC(C)C(C(=O)O)C1(N)CCCCCCCCCC1. The van der Waals surface area contributed by atoms with Gasteiger partial charge < -0.3 is 10.8 Å². The van der Waals surface area contributed by atoms with Crippen molar-refractivity contribution in [2.75, 3.05) is 0 Å². The molecule has 0 bridgehead atoms. The Hall–Kier alpha value is -0.570. The fraction of sp³-hybridized carbons (Fsp3) is 0.938. The molecule has 3 nitrogen and oxygen atoms in total. The number of carbonyl (C=O) groups is 1. The first-order valence-corrected chi connectivity index (χ1v) is 7.99. The second-order valence-electron chi connectivity index (χ2n) is 6.62. The van der Waals surface area contributed by atoms with Gasteiger partial charge in [0.05, 0.1) is 5.92 Å². The van der Waals surface area contributed by atoms with Gasteiger partial charge in [0.2, 0.25) is 0 Å². The molecule has 0 amide bonds. The van der Waals surface area contributed by atoms with E-state index in [9.17, 15) is 9.90 Å². The third kappa shape index (κ3) is 5.13. The van der Waals surface area contributed by atoms with Crippen molar-refractivity contribution in [1.82, 2.24) is 0 Å². The fourth-order valence-corrected chi connectivity index (χ4v) is 3.60. The molecule has 0 aliphatic heterocycles. The standard InChI is InChI=1S/C16H31NO2/c1-13(2)14(15(18)19)16(17)11-9-7-5-3-4-6-8-10-12-16/h13-14H,3-12,17H2,1-2H3,(H,18,19). The molecule has 1 aliphatic rings. The van der Waals surface area contributed by atoms with Crippen LogP contribution in [-0.4, -0.2) is 16.6 Å². The molecular weight excluding hydrogens is 238 g/mol. The van der Waals surface area contributed by atoms with Crippen LogP contribution < -0.4 is 5.73 Å². The smallest absolute Gasteiger partial charge is 0.308 e. The van der Waals surface area contributed by atoms with Crippen molar-refractivity contribution in [3.8, 4) is 0 Å². The van der Waals surface area contributed by atoms with Crippen LogP contribution in [0.4, 0.5) is 0 Å². The highest BCUT2D eigenvalue weighted by atomic mass is 16.4. The lowest BCUT2D eigenvalue weighted by Gasteiger charge is -2.38. The van der Waals surface area contributed by atoms with Gasteiger partial charge in [0.25, 0.3) is 0 Å². The average molecular weight is 269 g/mol. The Kier molecular flexibility index (Phi) is 6.84. The molecule has 1 rings (SSSR count). The van der Waals surface area contributed by atoms with Gasteiger partial charge in [-0.15, -0.1) is 0 Å². The maximum atomic E-state index is 11.6. The van der Waals surface area contributed by atoms with Crippen LogP contribution in [0.5, 0.6) is 0 Å². The molecule has 3 N–H and O–H groups in total. The molecule has 1 fully saturated rings. The monoisotopic (exact) mass is 269 g/mol. The largest absolute Gasteiger partial charge is 0.481 e. The normalized spacial score (nSPS) is 23.6. The zero-order valence-electron chi connectivity index (χ0n) is 12.7. The Morgan fingerprint density at radius 2 is 1.32 bits per heavy atom. The molecular formula is C16H31NO2. The molecule has 0 aromatic rings. The number of carboxylic acid groups (broad SMARTS) is 1. The van der Waals surface area contributed by atoms with Crippen LogP contribution in [0.2, 0.25) is 0 Å². The molecule has 0 heterocycles. The average Bonchev–Trinajstić information content (AvgIpc) is 2.34. The quantitative estimate of drug-likeness (QED) is 0.815. The lowest BCUT2D eigenvalue weighted by Crippen LogP contribution is -2.52. The van der Waals surface area contributed by atoms with Gasteiger partial charge in [-0.25, -0.2) is 0 Å². The van der Waals surface area contributed by atoms with E-state index in [0.29, 0.717) is 0 Å². The summed E-state index contributed by atoms with van der Waals surface area (Å²) >= 11 is 0. The molecule has 19 heavy (non-hydrogen) atoms. The van der Waals surface area contributed by atoms with Gasteiger partial charge in [0, 0.05) is 5.54 Å². The van der Waals surface area contributed by atoms with E-state index < -0.39 is 17.4 Å².